The molecular formula is C14H15NO2S. The molecule has 1 aromatic carbocycles. The van der Waals surface area contributed by atoms with Crippen molar-refractivity contribution in [3.8, 4) is 11.5 Å². The number of oxazole rings is 1. The van der Waals surface area contributed by atoms with Gasteiger partial charge in [0.2, 0.25) is 5.89 Å². The van der Waals surface area contributed by atoms with Gasteiger partial charge >= 0.3 is 0 Å². The van der Waals surface area contributed by atoms with Crippen LogP contribution in [0.15, 0.2) is 34.7 Å². The van der Waals surface area contributed by atoms with Crippen molar-refractivity contribution in [1.82, 2.24) is 4.98 Å². The van der Waals surface area contributed by atoms with Crippen LogP contribution in [-0.2, 0) is 10.5 Å². The molecule has 0 aliphatic rings. The Morgan fingerprint density at radius 3 is 2.72 bits per heavy atom. The third-order valence-corrected chi connectivity index (χ3v) is 3.55. The molecule has 0 amide bonds. The zero-order valence-corrected chi connectivity index (χ0v) is 11.3. The number of nitrogens with zero attached hydrogens (tertiary/aromatic N) is 1. The lowest BCUT2D eigenvalue weighted by Gasteiger charge is -1.95. The number of aromatic nitrogens is 1. The quantitative estimate of drug-likeness (QED) is 0.826. The van der Waals surface area contributed by atoms with E-state index in [1.54, 1.807) is 18.7 Å². The molecule has 0 radical (unpaired) electrons. The Morgan fingerprint density at radius 1 is 1.33 bits per heavy atom. The number of carbonyl (C=O) groups is 1. The molecule has 0 spiro atoms. The zero-order valence-electron chi connectivity index (χ0n) is 10.5. The molecule has 2 aromatic rings. The molecule has 0 aliphatic carbocycles. The van der Waals surface area contributed by atoms with Crippen molar-refractivity contribution in [1.29, 1.82) is 0 Å². The van der Waals surface area contributed by atoms with Gasteiger partial charge in [-0.05, 0) is 26.0 Å². The van der Waals surface area contributed by atoms with Gasteiger partial charge in [-0.25, -0.2) is 4.98 Å². The van der Waals surface area contributed by atoms with Crippen LogP contribution in [0.4, 0.5) is 0 Å². The first-order valence-corrected chi connectivity index (χ1v) is 6.91. The molecule has 4 heteroatoms. The smallest absolute Gasteiger partial charge is 0.226 e. The highest BCUT2D eigenvalue weighted by Gasteiger charge is 2.11. The molecule has 0 N–H and O–H groups in total. The number of hydrogen-bond acceptors (Lipinski definition) is 4. The molecule has 0 fully saturated rings. The summed E-state index contributed by atoms with van der Waals surface area (Å²) < 4.78 is 5.65. The number of hydrogen-bond donors (Lipinski definition) is 0. The summed E-state index contributed by atoms with van der Waals surface area (Å²) in [6.07, 6.45) is 0. The van der Waals surface area contributed by atoms with Gasteiger partial charge in [0.15, 0.2) is 0 Å². The fourth-order valence-electron chi connectivity index (χ4n) is 1.56. The molecule has 0 aliphatic heterocycles. The minimum Gasteiger partial charge on any atom is -0.441 e. The minimum atomic E-state index is 0.185. The summed E-state index contributed by atoms with van der Waals surface area (Å²) in [5, 5.41) is 0. The monoisotopic (exact) mass is 261 g/mol. The number of rotatable bonds is 5. The molecule has 18 heavy (non-hydrogen) atoms. The summed E-state index contributed by atoms with van der Waals surface area (Å²) >= 11 is 1.57. The number of thioether (sulfide) groups is 1. The maximum Gasteiger partial charge on any atom is 0.226 e. The molecule has 0 saturated carbocycles. The SMILES string of the molecule is CC(=O)CSCc1nc(-c2ccccc2)oc1C. The van der Waals surface area contributed by atoms with Gasteiger partial charge in [0.25, 0.3) is 0 Å². The lowest BCUT2D eigenvalue weighted by molar-refractivity contribution is -0.114. The van der Waals surface area contributed by atoms with Crippen LogP contribution in [0.25, 0.3) is 11.5 Å². The van der Waals surface area contributed by atoms with Gasteiger partial charge in [0.1, 0.15) is 11.5 Å². The first-order valence-electron chi connectivity index (χ1n) is 5.75. The van der Waals surface area contributed by atoms with E-state index in [0.29, 0.717) is 17.4 Å². The maximum atomic E-state index is 10.9. The highest BCUT2D eigenvalue weighted by atomic mass is 32.2. The van der Waals surface area contributed by atoms with Gasteiger partial charge in [0.05, 0.1) is 11.4 Å². The van der Waals surface area contributed by atoms with Crippen molar-refractivity contribution in [2.24, 2.45) is 0 Å². The number of Topliss-reactive ketones (excluding diaryl/α,β-unsaturated/α-hetero) is 1. The van der Waals surface area contributed by atoms with Gasteiger partial charge in [-0.15, -0.1) is 11.8 Å². The predicted octanol–water partition coefficient (Wildman–Crippen LogP) is 3.47. The van der Waals surface area contributed by atoms with Gasteiger partial charge in [-0.3, -0.25) is 4.79 Å². The molecule has 0 unspecified atom stereocenters. The highest BCUT2D eigenvalue weighted by Crippen LogP contribution is 2.23. The summed E-state index contributed by atoms with van der Waals surface area (Å²) in [4.78, 5) is 15.4. The maximum absolute atomic E-state index is 10.9. The molecule has 94 valence electrons. The molecule has 0 saturated heterocycles. The molecular weight excluding hydrogens is 246 g/mol. The fourth-order valence-corrected chi connectivity index (χ4v) is 2.41. The van der Waals surface area contributed by atoms with Gasteiger partial charge in [0, 0.05) is 11.3 Å². The van der Waals surface area contributed by atoms with E-state index in [1.165, 1.54) is 0 Å². The van der Waals surface area contributed by atoms with E-state index in [1.807, 2.05) is 37.3 Å². The fraction of sp³-hybridized carbons (Fsp3) is 0.286. The van der Waals surface area contributed by atoms with E-state index in [-0.39, 0.29) is 5.78 Å². The molecule has 0 bridgehead atoms. The van der Waals surface area contributed by atoms with Crippen LogP contribution in [0, 0.1) is 6.92 Å². The second kappa shape index (κ2) is 5.87. The molecule has 3 nitrogen and oxygen atoms in total. The Balaban J connectivity index is 2.10. The molecule has 1 aromatic heterocycles. The highest BCUT2D eigenvalue weighted by molar-refractivity contribution is 7.99. The van der Waals surface area contributed by atoms with E-state index in [9.17, 15) is 4.79 Å². The van der Waals surface area contributed by atoms with Crippen molar-refractivity contribution in [2.45, 2.75) is 19.6 Å². The number of benzene rings is 1. The predicted molar refractivity (Wildman–Crippen MR) is 73.5 cm³/mol. The standard InChI is InChI=1S/C14H15NO2S/c1-10(16)8-18-9-13-11(2)17-14(15-13)12-6-4-3-5-7-12/h3-7H,8-9H2,1-2H3. The Bertz CT molecular complexity index is 534. The lowest BCUT2D eigenvalue weighted by Crippen LogP contribution is -1.94. The lowest BCUT2D eigenvalue weighted by atomic mass is 10.2. The van der Waals surface area contributed by atoms with E-state index in [0.717, 1.165) is 17.0 Å². The third kappa shape index (κ3) is 3.23. The molecule has 0 atom stereocenters. The minimum absolute atomic E-state index is 0.185. The van der Waals surface area contributed by atoms with Gasteiger partial charge in [-0.1, -0.05) is 18.2 Å². The average molecular weight is 261 g/mol. The normalized spacial score (nSPS) is 10.6. The van der Waals surface area contributed by atoms with Crippen molar-refractivity contribution < 1.29 is 9.21 Å². The Morgan fingerprint density at radius 2 is 2.06 bits per heavy atom. The Kier molecular flexibility index (Phi) is 4.20. The summed E-state index contributed by atoms with van der Waals surface area (Å²) in [5.74, 6) is 2.88. The first-order chi connectivity index (χ1) is 8.66. The summed E-state index contributed by atoms with van der Waals surface area (Å²) in [6, 6.07) is 9.82. The van der Waals surface area contributed by atoms with Crippen LogP contribution < -0.4 is 0 Å². The largest absolute Gasteiger partial charge is 0.441 e. The first kappa shape index (κ1) is 12.9. The van der Waals surface area contributed by atoms with Crippen LogP contribution in [0.2, 0.25) is 0 Å². The van der Waals surface area contributed by atoms with Crippen LogP contribution in [0.1, 0.15) is 18.4 Å². The van der Waals surface area contributed by atoms with Crippen LogP contribution in [-0.4, -0.2) is 16.5 Å². The van der Waals surface area contributed by atoms with Crippen molar-refractivity contribution in [2.75, 3.05) is 5.75 Å². The number of carbonyl (C=O) groups excluding carboxylic acids is 1. The Labute approximate surface area is 111 Å². The van der Waals surface area contributed by atoms with Gasteiger partial charge in [-0.2, -0.15) is 0 Å². The number of aryl methyl sites for hydroxylation is 1. The Hall–Kier alpha value is -1.55. The van der Waals surface area contributed by atoms with E-state index in [4.69, 9.17) is 4.42 Å². The van der Waals surface area contributed by atoms with Gasteiger partial charge < -0.3 is 4.42 Å². The number of ketones is 1. The summed E-state index contributed by atoms with van der Waals surface area (Å²) in [6.45, 7) is 3.50. The van der Waals surface area contributed by atoms with Crippen molar-refractivity contribution in [3.63, 3.8) is 0 Å². The summed E-state index contributed by atoms with van der Waals surface area (Å²) in [7, 11) is 0. The third-order valence-electron chi connectivity index (χ3n) is 2.46. The van der Waals surface area contributed by atoms with Crippen LogP contribution in [0.3, 0.4) is 0 Å². The second-order valence-electron chi connectivity index (χ2n) is 4.08. The molecule has 1 heterocycles. The summed E-state index contributed by atoms with van der Waals surface area (Å²) in [5.41, 5.74) is 1.89. The van der Waals surface area contributed by atoms with Crippen molar-refractivity contribution >= 4 is 17.5 Å². The van der Waals surface area contributed by atoms with Crippen LogP contribution in [0.5, 0.6) is 0 Å². The average Bonchev–Trinajstić information content (AvgIpc) is 2.72. The molecule has 2 rings (SSSR count). The van der Waals surface area contributed by atoms with E-state index in [2.05, 4.69) is 4.98 Å². The van der Waals surface area contributed by atoms with E-state index < -0.39 is 0 Å². The topological polar surface area (TPSA) is 43.1 Å². The second-order valence-corrected chi connectivity index (χ2v) is 5.07. The van der Waals surface area contributed by atoms with Crippen LogP contribution >= 0.6 is 11.8 Å². The van der Waals surface area contributed by atoms with Crippen molar-refractivity contribution in [3.05, 3.63) is 41.8 Å². The van der Waals surface area contributed by atoms with E-state index >= 15 is 0 Å². The zero-order chi connectivity index (χ0) is 13.0.